The molecule has 1 aliphatic carbocycles. The maximum Gasteiger partial charge on any atom is 0.255 e. The Morgan fingerprint density at radius 1 is 1.52 bits per heavy atom. The number of nitrogens with two attached hydrogens (primary N) is 1. The molecule has 1 aromatic rings. The van der Waals surface area contributed by atoms with Gasteiger partial charge < -0.3 is 16.0 Å². The monoisotopic (exact) mass is 286 g/mol. The topological polar surface area (TPSA) is 88.3 Å². The molecule has 6 nitrogen and oxygen atoms in total. The van der Waals surface area contributed by atoms with E-state index in [1.165, 1.54) is 17.3 Å². The molecule has 2 amide bonds. The summed E-state index contributed by atoms with van der Waals surface area (Å²) in [5, 5.41) is 2.85. The summed E-state index contributed by atoms with van der Waals surface area (Å²) in [5.74, 6) is 5.12. The van der Waals surface area contributed by atoms with Crippen LogP contribution >= 0.6 is 0 Å². The van der Waals surface area contributed by atoms with Crippen LogP contribution in [0.3, 0.4) is 0 Å². The van der Waals surface area contributed by atoms with E-state index in [1.807, 2.05) is 0 Å². The molecule has 0 bridgehead atoms. The molecule has 0 unspecified atom stereocenters. The van der Waals surface area contributed by atoms with Gasteiger partial charge in [0.2, 0.25) is 5.91 Å². The highest BCUT2D eigenvalue weighted by Crippen LogP contribution is 2.18. The Hall–Kier alpha value is -2.39. The van der Waals surface area contributed by atoms with Gasteiger partial charge in [0, 0.05) is 25.5 Å². The lowest BCUT2D eigenvalue weighted by atomic mass is 10.1. The first-order valence-corrected chi connectivity index (χ1v) is 6.79. The quantitative estimate of drug-likeness (QED) is 0.747. The second-order valence-corrected chi connectivity index (χ2v) is 4.93. The highest BCUT2D eigenvalue weighted by Gasteiger charge is 2.24. The number of hydrogen-bond acceptors (Lipinski definition) is 4. The molecular weight excluding hydrogens is 268 g/mol. The molecule has 1 fully saturated rings. The van der Waals surface area contributed by atoms with Gasteiger partial charge in [-0.05, 0) is 18.9 Å². The van der Waals surface area contributed by atoms with E-state index in [0.29, 0.717) is 11.1 Å². The van der Waals surface area contributed by atoms with Gasteiger partial charge in [0.15, 0.2) is 0 Å². The molecule has 21 heavy (non-hydrogen) atoms. The van der Waals surface area contributed by atoms with Crippen molar-refractivity contribution in [3.05, 3.63) is 29.6 Å². The molecule has 0 atom stereocenters. The van der Waals surface area contributed by atoms with Crippen molar-refractivity contribution in [2.24, 2.45) is 5.73 Å². The Morgan fingerprint density at radius 3 is 2.95 bits per heavy atom. The van der Waals surface area contributed by atoms with Crippen molar-refractivity contribution < 1.29 is 9.59 Å². The Kier molecular flexibility index (Phi) is 4.90. The fourth-order valence-corrected chi connectivity index (χ4v) is 1.82. The summed E-state index contributed by atoms with van der Waals surface area (Å²) < 4.78 is 0. The van der Waals surface area contributed by atoms with Crippen LogP contribution in [-0.4, -0.2) is 47.9 Å². The van der Waals surface area contributed by atoms with E-state index in [4.69, 9.17) is 5.73 Å². The van der Waals surface area contributed by atoms with Gasteiger partial charge in [-0.25, -0.2) is 0 Å². The molecule has 1 saturated carbocycles. The Balaban J connectivity index is 2.05. The van der Waals surface area contributed by atoms with Crippen LogP contribution in [0.4, 0.5) is 0 Å². The summed E-state index contributed by atoms with van der Waals surface area (Å²) in [6.07, 6.45) is 5.09. The first kappa shape index (κ1) is 15.0. The third-order valence-electron chi connectivity index (χ3n) is 3.05. The minimum Gasteiger partial charge on any atom is -0.352 e. The summed E-state index contributed by atoms with van der Waals surface area (Å²) in [5.41, 5.74) is 6.28. The number of carbonyl (C=O) groups excluding carboxylic acids is 2. The van der Waals surface area contributed by atoms with Crippen molar-refractivity contribution in [1.82, 2.24) is 15.2 Å². The summed E-state index contributed by atoms with van der Waals surface area (Å²) in [6.45, 7) is 0.240. The number of rotatable bonds is 4. The van der Waals surface area contributed by atoms with Gasteiger partial charge in [0.1, 0.15) is 0 Å². The van der Waals surface area contributed by atoms with Gasteiger partial charge >= 0.3 is 0 Å². The Morgan fingerprint density at radius 2 is 2.29 bits per heavy atom. The lowest BCUT2D eigenvalue weighted by Gasteiger charge is -2.17. The molecule has 6 heteroatoms. The van der Waals surface area contributed by atoms with Gasteiger partial charge in [-0.1, -0.05) is 11.8 Å². The van der Waals surface area contributed by atoms with E-state index in [0.717, 1.165) is 12.8 Å². The van der Waals surface area contributed by atoms with Gasteiger partial charge in [-0.3, -0.25) is 14.6 Å². The molecule has 1 aromatic heterocycles. The number of hydrogen-bond donors (Lipinski definition) is 2. The number of nitrogens with one attached hydrogen (secondary N) is 1. The van der Waals surface area contributed by atoms with Crippen LogP contribution in [0.2, 0.25) is 0 Å². The van der Waals surface area contributed by atoms with Crippen molar-refractivity contribution in [2.45, 2.75) is 18.9 Å². The highest BCUT2D eigenvalue weighted by atomic mass is 16.2. The summed E-state index contributed by atoms with van der Waals surface area (Å²) in [4.78, 5) is 29.5. The number of likely N-dealkylation sites (N-methyl/N-ethyl adjacent to an activating group) is 1. The van der Waals surface area contributed by atoms with Crippen molar-refractivity contribution in [1.29, 1.82) is 0 Å². The number of aromatic nitrogens is 1. The van der Waals surface area contributed by atoms with Crippen molar-refractivity contribution in [2.75, 3.05) is 20.1 Å². The zero-order valence-corrected chi connectivity index (χ0v) is 11.9. The molecule has 0 saturated heterocycles. The van der Waals surface area contributed by atoms with E-state index in [2.05, 4.69) is 22.1 Å². The molecule has 0 radical (unpaired) electrons. The van der Waals surface area contributed by atoms with Crippen molar-refractivity contribution in [3.63, 3.8) is 0 Å². The average Bonchev–Trinajstić information content (AvgIpc) is 3.28. The maximum atomic E-state index is 12.4. The zero-order valence-electron chi connectivity index (χ0n) is 11.9. The fourth-order valence-electron chi connectivity index (χ4n) is 1.82. The van der Waals surface area contributed by atoms with Crippen molar-refractivity contribution in [3.8, 4) is 11.8 Å². The average molecular weight is 286 g/mol. The SMILES string of the molecule is CN(CC(=O)NC1CC1)C(=O)c1ccncc1C#CCN. The minimum atomic E-state index is -0.260. The molecule has 1 aliphatic rings. The van der Waals surface area contributed by atoms with Gasteiger partial charge in [-0.2, -0.15) is 0 Å². The Bertz CT molecular complexity index is 599. The van der Waals surface area contributed by atoms with E-state index >= 15 is 0 Å². The number of pyridine rings is 1. The smallest absolute Gasteiger partial charge is 0.255 e. The van der Waals surface area contributed by atoms with Crippen LogP contribution in [0.15, 0.2) is 18.5 Å². The second kappa shape index (κ2) is 6.86. The van der Waals surface area contributed by atoms with Crippen LogP contribution in [0.25, 0.3) is 0 Å². The molecule has 0 aromatic carbocycles. The van der Waals surface area contributed by atoms with Gasteiger partial charge in [0.05, 0.1) is 24.2 Å². The van der Waals surface area contributed by atoms with Crippen LogP contribution < -0.4 is 11.1 Å². The summed E-state index contributed by atoms with van der Waals surface area (Å²) in [7, 11) is 1.59. The lowest BCUT2D eigenvalue weighted by Crippen LogP contribution is -2.39. The van der Waals surface area contributed by atoms with Crippen LogP contribution in [0.5, 0.6) is 0 Å². The molecule has 2 rings (SSSR count). The van der Waals surface area contributed by atoms with Crippen molar-refractivity contribution >= 4 is 11.8 Å². The molecule has 0 spiro atoms. The predicted molar refractivity (Wildman–Crippen MR) is 78.3 cm³/mol. The first-order chi connectivity index (χ1) is 10.1. The number of nitrogens with zero attached hydrogens (tertiary/aromatic N) is 2. The first-order valence-electron chi connectivity index (χ1n) is 6.79. The largest absolute Gasteiger partial charge is 0.352 e. The highest BCUT2D eigenvalue weighted by molar-refractivity contribution is 5.98. The lowest BCUT2D eigenvalue weighted by molar-refractivity contribution is -0.121. The van der Waals surface area contributed by atoms with E-state index < -0.39 is 0 Å². The summed E-state index contributed by atoms with van der Waals surface area (Å²) >= 11 is 0. The standard InChI is InChI=1S/C15H18N4O2/c1-19(10-14(20)18-12-4-5-12)15(21)13-6-8-17-9-11(13)3-2-7-16/h6,8-9,12H,4-5,7,10,16H2,1H3,(H,18,20). The molecule has 1 heterocycles. The van der Waals surface area contributed by atoms with E-state index in [1.54, 1.807) is 13.1 Å². The number of carbonyl (C=O) groups is 2. The number of amides is 2. The van der Waals surface area contributed by atoms with E-state index in [-0.39, 0.29) is 30.9 Å². The molecule has 3 N–H and O–H groups in total. The normalized spacial score (nSPS) is 13.0. The third kappa shape index (κ3) is 4.29. The predicted octanol–water partition coefficient (Wildman–Crippen LogP) is -0.258. The van der Waals surface area contributed by atoms with Gasteiger partial charge in [-0.15, -0.1) is 0 Å². The molecule has 110 valence electrons. The van der Waals surface area contributed by atoms with Gasteiger partial charge in [0.25, 0.3) is 5.91 Å². The Labute approximate surface area is 123 Å². The van der Waals surface area contributed by atoms with Crippen LogP contribution in [-0.2, 0) is 4.79 Å². The fraction of sp³-hybridized carbons (Fsp3) is 0.400. The summed E-state index contributed by atoms with van der Waals surface area (Å²) in [6, 6.07) is 1.88. The van der Waals surface area contributed by atoms with Crippen LogP contribution in [0, 0.1) is 11.8 Å². The molecular formula is C15H18N4O2. The molecule has 0 aliphatic heterocycles. The van der Waals surface area contributed by atoms with E-state index in [9.17, 15) is 9.59 Å². The maximum absolute atomic E-state index is 12.4. The zero-order chi connectivity index (χ0) is 15.2. The second-order valence-electron chi connectivity index (χ2n) is 4.93. The van der Waals surface area contributed by atoms with Crippen LogP contribution in [0.1, 0.15) is 28.8 Å². The third-order valence-corrected chi connectivity index (χ3v) is 3.05. The minimum absolute atomic E-state index is 0.0292.